The molecule has 110 valence electrons. The lowest BCUT2D eigenvalue weighted by Crippen LogP contribution is -2.38. The molecular formula is C16H23NO3. The maximum Gasteiger partial charge on any atom is 0.320 e. The summed E-state index contributed by atoms with van der Waals surface area (Å²) in [5, 5.41) is 0. The molecule has 0 saturated carbocycles. The molecule has 1 heterocycles. The van der Waals surface area contributed by atoms with E-state index < -0.39 is 5.60 Å². The molecule has 0 aromatic heterocycles. The molecule has 20 heavy (non-hydrogen) atoms. The van der Waals surface area contributed by atoms with Crippen LogP contribution in [0, 0.1) is 0 Å². The highest BCUT2D eigenvalue weighted by Gasteiger charge is 2.34. The number of ether oxygens (including phenoxy) is 2. The predicted octanol–water partition coefficient (Wildman–Crippen LogP) is 2.75. The van der Waals surface area contributed by atoms with Gasteiger partial charge >= 0.3 is 5.97 Å². The molecule has 0 aliphatic carbocycles. The lowest BCUT2D eigenvalue weighted by molar-refractivity contribution is -0.157. The van der Waals surface area contributed by atoms with E-state index in [4.69, 9.17) is 9.47 Å². The van der Waals surface area contributed by atoms with Crippen molar-refractivity contribution in [3.05, 3.63) is 35.9 Å². The quantitative estimate of drug-likeness (QED) is 0.796. The SMILES string of the molecule is C[C@H]1OC[C@@H](c2ccccc2)N1CC(=O)OC(C)(C)C. The number of hydrogen-bond acceptors (Lipinski definition) is 4. The lowest BCUT2D eigenvalue weighted by atomic mass is 10.1. The zero-order valence-electron chi connectivity index (χ0n) is 12.6. The van der Waals surface area contributed by atoms with Gasteiger partial charge in [-0.2, -0.15) is 0 Å². The largest absolute Gasteiger partial charge is 0.459 e. The van der Waals surface area contributed by atoms with Gasteiger partial charge in [-0.15, -0.1) is 0 Å². The summed E-state index contributed by atoms with van der Waals surface area (Å²) in [5.74, 6) is -0.212. The van der Waals surface area contributed by atoms with Gasteiger partial charge in [-0.1, -0.05) is 30.3 Å². The second-order valence-electron chi connectivity index (χ2n) is 6.12. The minimum atomic E-state index is -0.455. The molecule has 0 N–H and O–H groups in total. The van der Waals surface area contributed by atoms with Gasteiger partial charge in [0.15, 0.2) is 0 Å². The van der Waals surface area contributed by atoms with Crippen LogP contribution in [-0.2, 0) is 14.3 Å². The molecule has 1 aliphatic rings. The highest BCUT2D eigenvalue weighted by molar-refractivity contribution is 5.72. The Bertz CT molecular complexity index is 453. The Balaban J connectivity index is 2.06. The van der Waals surface area contributed by atoms with Crippen LogP contribution in [0.15, 0.2) is 30.3 Å². The first-order valence-electron chi connectivity index (χ1n) is 7.01. The Labute approximate surface area is 120 Å². The molecular weight excluding hydrogens is 254 g/mol. The molecule has 2 atom stereocenters. The maximum absolute atomic E-state index is 12.0. The van der Waals surface area contributed by atoms with Gasteiger partial charge in [-0.3, -0.25) is 9.69 Å². The van der Waals surface area contributed by atoms with E-state index in [0.29, 0.717) is 6.61 Å². The average molecular weight is 277 g/mol. The van der Waals surface area contributed by atoms with Gasteiger partial charge in [-0.25, -0.2) is 0 Å². The summed E-state index contributed by atoms with van der Waals surface area (Å²) in [5.41, 5.74) is 0.712. The summed E-state index contributed by atoms with van der Waals surface area (Å²) in [4.78, 5) is 14.1. The van der Waals surface area contributed by atoms with E-state index in [1.54, 1.807) is 0 Å². The minimum Gasteiger partial charge on any atom is -0.459 e. The number of rotatable bonds is 3. The second-order valence-corrected chi connectivity index (χ2v) is 6.12. The Morgan fingerprint density at radius 3 is 2.60 bits per heavy atom. The first-order chi connectivity index (χ1) is 9.37. The van der Waals surface area contributed by atoms with E-state index in [2.05, 4.69) is 12.1 Å². The Kier molecular flexibility index (Phi) is 4.45. The normalized spacial score (nSPS) is 23.8. The van der Waals surface area contributed by atoms with Crippen LogP contribution in [0.5, 0.6) is 0 Å². The zero-order chi connectivity index (χ0) is 14.8. The molecule has 0 bridgehead atoms. The van der Waals surface area contributed by atoms with Crippen LogP contribution in [0.4, 0.5) is 0 Å². The first kappa shape index (κ1) is 15.0. The molecule has 1 aromatic rings. The molecule has 4 heteroatoms. The lowest BCUT2D eigenvalue weighted by Gasteiger charge is -2.27. The third kappa shape index (κ3) is 3.81. The fourth-order valence-corrected chi connectivity index (χ4v) is 2.40. The van der Waals surface area contributed by atoms with Gasteiger partial charge < -0.3 is 9.47 Å². The van der Waals surface area contributed by atoms with Crippen molar-refractivity contribution in [1.29, 1.82) is 0 Å². The van der Waals surface area contributed by atoms with E-state index in [1.165, 1.54) is 5.56 Å². The number of nitrogens with zero attached hydrogens (tertiary/aromatic N) is 1. The van der Waals surface area contributed by atoms with Crippen molar-refractivity contribution < 1.29 is 14.3 Å². The van der Waals surface area contributed by atoms with Crippen LogP contribution in [-0.4, -0.2) is 35.8 Å². The number of benzene rings is 1. The number of carbonyl (C=O) groups is 1. The Hall–Kier alpha value is -1.39. The monoisotopic (exact) mass is 277 g/mol. The minimum absolute atomic E-state index is 0.0762. The van der Waals surface area contributed by atoms with Gasteiger partial charge in [0.1, 0.15) is 11.8 Å². The molecule has 0 unspecified atom stereocenters. The molecule has 1 aliphatic heterocycles. The second kappa shape index (κ2) is 5.94. The predicted molar refractivity (Wildman–Crippen MR) is 77.1 cm³/mol. The highest BCUT2D eigenvalue weighted by atomic mass is 16.6. The van der Waals surface area contributed by atoms with Gasteiger partial charge in [0, 0.05) is 0 Å². The number of hydrogen-bond donors (Lipinski definition) is 0. The highest BCUT2D eigenvalue weighted by Crippen LogP contribution is 2.29. The van der Waals surface area contributed by atoms with E-state index >= 15 is 0 Å². The van der Waals surface area contributed by atoms with Gasteiger partial charge in [0.25, 0.3) is 0 Å². The van der Waals surface area contributed by atoms with Crippen molar-refractivity contribution >= 4 is 5.97 Å². The molecule has 2 rings (SSSR count). The van der Waals surface area contributed by atoms with Crippen LogP contribution < -0.4 is 0 Å². The van der Waals surface area contributed by atoms with Crippen molar-refractivity contribution in [3.63, 3.8) is 0 Å². The molecule has 0 radical (unpaired) electrons. The average Bonchev–Trinajstić information content (AvgIpc) is 2.70. The van der Waals surface area contributed by atoms with Crippen LogP contribution in [0.25, 0.3) is 0 Å². The van der Waals surface area contributed by atoms with E-state index in [1.807, 2.05) is 50.8 Å². The summed E-state index contributed by atoms with van der Waals surface area (Å²) in [6, 6.07) is 10.2. The van der Waals surface area contributed by atoms with Crippen molar-refractivity contribution in [1.82, 2.24) is 4.90 Å². The third-order valence-corrected chi connectivity index (χ3v) is 3.28. The topological polar surface area (TPSA) is 38.8 Å². The van der Waals surface area contributed by atoms with E-state index in [0.717, 1.165) is 0 Å². The number of carbonyl (C=O) groups excluding carboxylic acids is 1. The van der Waals surface area contributed by atoms with Crippen molar-refractivity contribution in [2.75, 3.05) is 13.2 Å². The van der Waals surface area contributed by atoms with Crippen LogP contribution >= 0.6 is 0 Å². The smallest absolute Gasteiger partial charge is 0.320 e. The van der Waals surface area contributed by atoms with Crippen LogP contribution in [0.2, 0.25) is 0 Å². The molecule has 0 amide bonds. The van der Waals surface area contributed by atoms with Crippen molar-refractivity contribution in [3.8, 4) is 0 Å². The van der Waals surface area contributed by atoms with Crippen LogP contribution in [0.3, 0.4) is 0 Å². The van der Waals surface area contributed by atoms with E-state index in [-0.39, 0.29) is 24.8 Å². The Morgan fingerprint density at radius 1 is 1.35 bits per heavy atom. The standard InChI is InChI=1S/C16H23NO3/c1-12-17(10-15(18)20-16(2,3)4)14(11-19-12)13-8-6-5-7-9-13/h5-9,12,14H,10-11H2,1-4H3/t12-,14+/m1/s1. The molecule has 0 spiro atoms. The third-order valence-electron chi connectivity index (χ3n) is 3.28. The fourth-order valence-electron chi connectivity index (χ4n) is 2.40. The summed E-state index contributed by atoms with van der Waals surface area (Å²) >= 11 is 0. The van der Waals surface area contributed by atoms with Crippen LogP contribution in [0.1, 0.15) is 39.3 Å². The van der Waals surface area contributed by atoms with Gasteiger partial charge in [0.2, 0.25) is 0 Å². The molecule has 4 nitrogen and oxygen atoms in total. The van der Waals surface area contributed by atoms with Crippen molar-refractivity contribution in [2.45, 2.75) is 45.6 Å². The molecule has 1 saturated heterocycles. The van der Waals surface area contributed by atoms with Gasteiger partial charge in [0.05, 0.1) is 19.2 Å². The summed E-state index contributed by atoms with van der Waals surface area (Å²) in [6.07, 6.45) is -0.0762. The Morgan fingerprint density at radius 2 is 2.00 bits per heavy atom. The summed E-state index contributed by atoms with van der Waals surface area (Å²) < 4.78 is 11.1. The zero-order valence-corrected chi connectivity index (χ0v) is 12.6. The van der Waals surface area contributed by atoms with E-state index in [9.17, 15) is 4.79 Å². The summed E-state index contributed by atoms with van der Waals surface area (Å²) in [7, 11) is 0. The number of esters is 1. The van der Waals surface area contributed by atoms with Gasteiger partial charge in [-0.05, 0) is 33.3 Å². The molecule has 1 fully saturated rings. The maximum atomic E-state index is 12.0. The summed E-state index contributed by atoms with van der Waals surface area (Å²) in [6.45, 7) is 8.45. The fraction of sp³-hybridized carbons (Fsp3) is 0.562. The first-order valence-corrected chi connectivity index (χ1v) is 7.01. The molecule has 1 aromatic carbocycles. The van der Waals surface area contributed by atoms with Crippen molar-refractivity contribution in [2.24, 2.45) is 0 Å².